The average Bonchev–Trinajstić information content (AvgIpc) is 2.67. The molecule has 0 heterocycles. The number of aliphatic hydroxyl groups is 1. The molecule has 0 aliphatic rings. The van der Waals surface area contributed by atoms with Gasteiger partial charge in [0.25, 0.3) is 0 Å². The van der Waals surface area contributed by atoms with E-state index in [4.69, 9.17) is 0 Å². The van der Waals surface area contributed by atoms with Gasteiger partial charge >= 0.3 is 0 Å². The van der Waals surface area contributed by atoms with Gasteiger partial charge in [-0.25, -0.2) is 0 Å². The maximum Gasteiger partial charge on any atom is 0.169 e. The third-order valence-electron chi connectivity index (χ3n) is 4.22. The molecular weight excluding hydrogens is 296 g/mol. The molecule has 0 spiro atoms. The zero-order valence-electron chi connectivity index (χ0n) is 13.4. The maximum absolute atomic E-state index is 13.0. The van der Waals surface area contributed by atoms with E-state index in [-0.39, 0.29) is 5.78 Å². The lowest BCUT2D eigenvalue weighted by atomic mass is 9.84. The van der Waals surface area contributed by atoms with Gasteiger partial charge in [0, 0.05) is 5.56 Å². The van der Waals surface area contributed by atoms with Gasteiger partial charge < -0.3 is 5.11 Å². The maximum atomic E-state index is 13.0. The van der Waals surface area contributed by atoms with Gasteiger partial charge in [0.05, 0.1) is 12.0 Å². The van der Waals surface area contributed by atoms with Gasteiger partial charge in [-0.2, -0.15) is 0 Å². The summed E-state index contributed by atoms with van der Waals surface area (Å²) in [7, 11) is 0. The second-order valence-corrected chi connectivity index (χ2v) is 5.88. The fraction of sp³-hybridized carbons (Fsp3) is 0.136. The molecule has 3 aromatic carbocycles. The largest absolute Gasteiger partial charge is 0.388 e. The Morgan fingerprint density at radius 1 is 0.750 bits per heavy atom. The topological polar surface area (TPSA) is 37.3 Å². The molecule has 3 rings (SSSR count). The number of aliphatic hydroxyl groups excluding tert-OH is 1. The van der Waals surface area contributed by atoms with Crippen LogP contribution in [0.3, 0.4) is 0 Å². The fourth-order valence-corrected chi connectivity index (χ4v) is 2.91. The van der Waals surface area contributed by atoms with Gasteiger partial charge in [0.2, 0.25) is 0 Å². The summed E-state index contributed by atoms with van der Waals surface area (Å²) in [6, 6.07) is 28.4. The molecule has 0 aromatic heterocycles. The van der Waals surface area contributed by atoms with Crippen LogP contribution in [0.25, 0.3) is 0 Å². The normalized spacial score (nSPS) is 13.2. The second-order valence-electron chi connectivity index (χ2n) is 5.88. The molecule has 24 heavy (non-hydrogen) atoms. The average molecular weight is 316 g/mol. The molecule has 0 aliphatic heterocycles. The van der Waals surface area contributed by atoms with E-state index < -0.39 is 12.0 Å². The quantitative estimate of drug-likeness (QED) is 0.682. The van der Waals surface area contributed by atoms with Gasteiger partial charge in [-0.05, 0) is 17.5 Å². The van der Waals surface area contributed by atoms with Crippen molar-refractivity contribution in [1.82, 2.24) is 0 Å². The molecule has 120 valence electrons. The summed E-state index contributed by atoms with van der Waals surface area (Å²) in [5, 5.41) is 10.9. The first-order valence-electron chi connectivity index (χ1n) is 8.12. The summed E-state index contributed by atoms with van der Waals surface area (Å²) in [6.45, 7) is 0. The van der Waals surface area contributed by atoms with Crippen molar-refractivity contribution < 1.29 is 9.90 Å². The molecule has 0 saturated heterocycles. The van der Waals surface area contributed by atoms with Gasteiger partial charge in [0.15, 0.2) is 5.78 Å². The Morgan fingerprint density at radius 2 is 1.25 bits per heavy atom. The highest BCUT2D eigenvalue weighted by atomic mass is 16.3. The highest BCUT2D eigenvalue weighted by Crippen LogP contribution is 2.28. The Labute approximate surface area is 142 Å². The van der Waals surface area contributed by atoms with Crippen LogP contribution in [0.1, 0.15) is 27.6 Å². The summed E-state index contributed by atoms with van der Waals surface area (Å²) in [6.07, 6.45) is -0.330. The van der Waals surface area contributed by atoms with Crippen molar-refractivity contribution in [2.45, 2.75) is 12.5 Å². The van der Waals surface area contributed by atoms with Gasteiger partial charge in [-0.3, -0.25) is 4.79 Å². The SMILES string of the molecule is O=C(c1ccccc1)[C@H](Cc1ccccc1)[C@H](O)c1ccccc1. The number of rotatable bonds is 6. The minimum absolute atomic E-state index is 0.0317. The Hall–Kier alpha value is -2.71. The molecule has 0 radical (unpaired) electrons. The van der Waals surface area contributed by atoms with E-state index in [0.717, 1.165) is 11.1 Å². The molecule has 2 nitrogen and oxygen atoms in total. The third kappa shape index (κ3) is 3.79. The number of benzene rings is 3. The summed E-state index contributed by atoms with van der Waals surface area (Å²) in [5.74, 6) is -0.548. The van der Waals surface area contributed by atoms with Crippen molar-refractivity contribution in [2.24, 2.45) is 5.92 Å². The first-order valence-corrected chi connectivity index (χ1v) is 8.12. The molecule has 0 bridgehead atoms. The smallest absolute Gasteiger partial charge is 0.169 e. The third-order valence-corrected chi connectivity index (χ3v) is 4.22. The lowest BCUT2D eigenvalue weighted by molar-refractivity contribution is 0.0676. The van der Waals surface area contributed by atoms with Crippen LogP contribution in [0, 0.1) is 5.92 Å². The lowest BCUT2D eigenvalue weighted by Gasteiger charge is -2.22. The monoisotopic (exact) mass is 316 g/mol. The number of hydrogen-bond donors (Lipinski definition) is 1. The summed E-state index contributed by atoms with van der Waals surface area (Å²) in [5.41, 5.74) is 2.44. The summed E-state index contributed by atoms with van der Waals surface area (Å²) >= 11 is 0. The molecule has 2 heteroatoms. The predicted molar refractivity (Wildman–Crippen MR) is 95.8 cm³/mol. The molecule has 0 fully saturated rings. The minimum atomic E-state index is -0.834. The van der Waals surface area contributed by atoms with Gasteiger partial charge in [-0.15, -0.1) is 0 Å². The molecule has 1 N–H and O–H groups in total. The number of Topliss-reactive ketones (excluding diaryl/α,β-unsaturated/α-hetero) is 1. The second kappa shape index (κ2) is 7.71. The standard InChI is InChI=1S/C22H20O2/c23-21(18-12-6-2-7-13-18)20(16-17-10-4-1-5-11-17)22(24)19-14-8-3-9-15-19/h1-15,20-21,23H,16H2/t20-,21-/m1/s1. The first-order chi connectivity index (χ1) is 11.8. The van der Waals surface area contributed by atoms with Crippen LogP contribution in [0.4, 0.5) is 0 Å². The fourth-order valence-electron chi connectivity index (χ4n) is 2.91. The van der Waals surface area contributed by atoms with Crippen LogP contribution in [-0.2, 0) is 6.42 Å². The Kier molecular flexibility index (Phi) is 5.19. The van der Waals surface area contributed by atoms with E-state index in [9.17, 15) is 9.90 Å². The Morgan fingerprint density at radius 3 is 1.83 bits per heavy atom. The van der Waals surface area contributed by atoms with E-state index in [1.54, 1.807) is 12.1 Å². The molecule has 0 aliphatic carbocycles. The predicted octanol–water partition coefficient (Wildman–Crippen LogP) is 4.46. The van der Waals surface area contributed by atoms with Crippen LogP contribution in [0.15, 0.2) is 91.0 Å². The molecular formula is C22H20O2. The summed E-state index contributed by atoms with van der Waals surface area (Å²) < 4.78 is 0. The molecule has 0 amide bonds. The summed E-state index contributed by atoms with van der Waals surface area (Å²) in [4.78, 5) is 13.0. The van der Waals surface area contributed by atoms with Crippen LogP contribution < -0.4 is 0 Å². The first kappa shape index (κ1) is 16.2. The van der Waals surface area contributed by atoms with Crippen molar-refractivity contribution in [3.05, 3.63) is 108 Å². The molecule has 2 atom stereocenters. The highest BCUT2D eigenvalue weighted by Gasteiger charge is 2.29. The number of ketones is 1. The van der Waals surface area contributed by atoms with Gasteiger partial charge in [0.1, 0.15) is 0 Å². The Bertz CT molecular complexity index is 767. The zero-order valence-corrected chi connectivity index (χ0v) is 13.4. The number of hydrogen-bond acceptors (Lipinski definition) is 2. The molecule has 3 aromatic rings. The van der Waals surface area contributed by atoms with Crippen molar-refractivity contribution in [3.8, 4) is 0 Å². The van der Waals surface area contributed by atoms with E-state index in [0.29, 0.717) is 12.0 Å². The van der Waals surface area contributed by atoms with Crippen molar-refractivity contribution in [2.75, 3.05) is 0 Å². The van der Waals surface area contributed by atoms with E-state index in [1.807, 2.05) is 78.9 Å². The van der Waals surface area contributed by atoms with Crippen LogP contribution in [0.2, 0.25) is 0 Å². The molecule has 0 unspecified atom stereocenters. The van der Waals surface area contributed by atoms with Crippen molar-refractivity contribution in [3.63, 3.8) is 0 Å². The lowest BCUT2D eigenvalue weighted by Crippen LogP contribution is -2.25. The number of carbonyl (C=O) groups excluding carboxylic acids is 1. The van der Waals surface area contributed by atoms with Gasteiger partial charge in [-0.1, -0.05) is 91.0 Å². The van der Waals surface area contributed by atoms with Crippen LogP contribution in [-0.4, -0.2) is 10.9 Å². The van der Waals surface area contributed by atoms with E-state index >= 15 is 0 Å². The van der Waals surface area contributed by atoms with Crippen molar-refractivity contribution in [1.29, 1.82) is 0 Å². The van der Waals surface area contributed by atoms with Crippen LogP contribution in [0.5, 0.6) is 0 Å². The van der Waals surface area contributed by atoms with Crippen molar-refractivity contribution >= 4 is 5.78 Å². The van der Waals surface area contributed by atoms with E-state index in [1.165, 1.54) is 0 Å². The minimum Gasteiger partial charge on any atom is -0.388 e. The van der Waals surface area contributed by atoms with E-state index in [2.05, 4.69) is 0 Å². The zero-order chi connectivity index (χ0) is 16.8. The number of carbonyl (C=O) groups is 1. The molecule has 0 saturated carbocycles. The Balaban J connectivity index is 1.93. The van der Waals surface area contributed by atoms with Crippen LogP contribution >= 0.6 is 0 Å². The highest BCUT2D eigenvalue weighted by molar-refractivity contribution is 5.98.